The van der Waals surface area contributed by atoms with Gasteiger partial charge in [-0.2, -0.15) is 5.10 Å². The van der Waals surface area contributed by atoms with Crippen LogP contribution in [0.25, 0.3) is 32.8 Å². The van der Waals surface area contributed by atoms with E-state index in [1.165, 1.54) is 0 Å². The summed E-state index contributed by atoms with van der Waals surface area (Å²) in [6, 6.07) is 20.2. The van der Waals surface area contributed by atoms with Crippen LogP contribution in [0.1, 0.15) is 47.2 Å². The lowest BCUT2D eigenvalue weighted by molar-refractivity contribution is 0.0512. The van der Waals surface area contributed by atoms with Gasteiger partial charge in [0.05, 0.1) is 42.6 Å². The smallest absolute Gasteiger partial charge is 0.355 e. The average Bonchev–Trinajstić information content (AvgIpc) is 3.57. The molecule has 4 N–H and O–H groups in total. The Labute approximate surface area is 244 Å². The number of para-hydroxylation sites is 1. The van der Waals surface area contributed by atoms with E-state index in [1.807, 2.05) is 47.0 Å². The van der Waals surface area contributed by atoms with Gasteiger partial charge >= 0.3 is 5.97 Å². The van der Waals surface area contributed by atoms with E-state index in [1.54, 1.807) is 6.92 Å². The van der Waals surface area contributed by atoms with Gasteiger partial charge in [-0.1, -0.05) is 54.6 Å². The largest absolute Gasteiger partial charge is 0.493 e. The van der Waals surface area contributed by atoms with Crippen LogP contribution in [0.15, 0.2) is 60.7 Å². The number of carbonyl (C=O) groups is 1. The van der Waals surface area contributed by atoms with Gasteiger partial charge in [-0.05, 0) is 49.7 Å². The van der Waals surface area contributed by atoms with Gasteiger partial charge in [0.1, 0.15) is 11.4 Å². The first-order valence-corrected chi connectivity index (χ1v) is 14.5. The Balaban J connectivity index is 1.57. The molecule has 2 heterocycles. The third-order valence-corrected chi connectivity index (χ3v) is 7.56. The zero-order valence-corrected chi connectivity index (χ0v) is 23.9. The molecule has 0 aliphatic heterocycles. The maximum atomic E-state index is 13.5. The number of esters is 1. The molecule has 8 nitrogen and oxygen atoms in total. The molecule has 0 bridgehead atoms. The summed E-state index contributed by atoms with van der Waals surface area (Å²) in [5.74, 6) is 0.668. The van der Waals surface area contributed by atoms with Gasteiger partial charge < -0.3 is 24.9 Å². The number of carbonyl (C=O) groups excluding carboxylic acids is 1. The van der Waals surface area contributed by atoms with Crippen molar-refractivity contribution >= 4 is 39.2 Å². The summed E-state index contributed by atoms with van der Waals surface area (Å²) in [5, 5.41) is 20.4. The SMILES string of the molecule is CCOC(=O)c1c(CCCOc2cccc3ccccc23)c2cccc(-c3c(CO)n[nH]c3CCl)c2n1CCCN. The van der Waals surface area contributed by atoms with Crippen LogP contribution in [0.2, 0.25) is 0 Å². The highest BCUT2D eigenvalue weighted by Gasteiger charge is 2.27. The van der Waals surface area contributed by atoms with Crippen LogP contribution in [0.3, 0.4) is 0 Å². The summed E-state index contributed by atoms with van der Waals surface area (Å²) < 4.78 is 13.8. The number of aliphatic hydroxyl groups is 1. The molecule has 5 aromatic rings. The minimum atomic E-state index is -0.371. The van der Waals surface area contributed by atoms with E-state index in [2.05, 4.69) is 28.4 Å². The van der Waals surface area contributed by atoms with Crippen LogP contribution in [-0.2, 0) is 30.2 Å². The Kier molecular flexibility index (Phi) is 9.24. The van der Waals surface area contributed by atoms with Gasteiger partial charge in [0, 0.05) is 28.4 Å². The molecule has 0 spiro atoms. The van der Waals surface area contributed by atoms with Crippen molar-refractivity contribution in [1.29, 1.82) is 0 Å². The van der Waals surface area contributed by atoms with Crippen LogP contribution in [0.5, 0.6) is 5.75 Å². The Morgan fingerprint density at radius 1 is 1.07 bits per heavy atom. The predicted octanol–water partition coefficient (Wildman–Crippen LogP) is 5.95. The fourth-order valence-corrected chi connectivity index (χ4v) is 5.74. The number of alkyl halides is 1. The number of H-pyrrole nitrogens is 1. The molecular weight excluding hydrogens is 540 g/mol. The van der Waals surface area contributed by atoms with Crippen LogP contribution in [0, 0.1) is 0 Å². The molecule has 2 aromatic heterocycles. The first kappa shape index (κ1) is 28.7. The quantitative estimate of drug-likeness (QED) is 0.0909. The number of fused-ring (bicyclic) bond motifs is 2. The van der Waals surface area contributed by atoms with Crippen molar-refractivity contribution in [2.75, 3.05) is 19.8 Å². The van der Waals surface area contributed by atoms with Crippen LogP contribution in [-0.4, -0.2) is 45.6 Å². The fourth-order valence-electron chi connectivity index (χ4n) is 5.54. The molecule has 0 atom stereocenters. The maximum absolute atomic E-state index is 13.5. The first-order valence-electron chi connectivity index (χ1n) is 14.0. The topological polar surface area (TPSA) is 115 Å². The van der Waals surface area contributed by atoms with Gasteiger partial charge in [0.2, 0.25) is 0 Å². The van der Waals surface area contributed by atoms with E-state index < -0.39 is 0 Å². The molecule has 0 radical (unpaired) electrons. The van der Waals surface area contributed by atoms with Crippen molar-refractivity contribution in [2.45, 2.75) is 45.2 Å². The number of aromatic amines is 1. The molecule has 9 heteroatoms. The minimum absolute atomic E-state index is 0.200. The van der Waals surface area contributed by atoms with Crippen molar-refractivity contribution in [3.05, 3.63) is 83.3 Å². The maximum Gasteiger partial charge on any atom is 0.355 e. The number of nitrogens with one attached hydrogen (secondary N) is 1. The second kappa shape index (κ2) is 13.2. The number of aliphatic hydroxyl groups excluding tert-OH is 1. The zero-order chi connectivity index (χ0) is 28.8. The van der Waals surface area contributed by atoms with Crippen LogP contribution >= 0.6 is 11.6 Å². The summed E-state index contributed by atoms with van der Waals surface area (Å²) in [6.07, 6.45) is 1.97. The molecule has 41 heavy (non-hydrogen) atoms. The third-order valence-electron chi connectivity index (χ3n) is 7.29. The van der Waals surface area contributed by atoms with Gasteiger partial charge in [0.25, 0.3) is 0 Å². The van der Waals surface area contributed by atoms with E-state index in [0.717, 1.165) is 44.1 Å². The average molecular weight is 575 g/mol. The minimum Gasteiger partial charge on any atom is -0.493 e. The van der Waals surface area contributed by atoms with Crippen LogP contribution in [0.4, 0.5) is 0 Å². The van der Waals surface area contributed by atoms with E-state index >= 15 is 0 Å². The molecule has 5 rings (SSSR count). The van der Waals surface area contributed by atoms with E-state index in [-0.39, 0.29) is 25.1 Å². The molecule has 0 amide bonds. The number of hydrogen-bond acceptors (Lipinski definition) is 6. The number of aryl methyl sites for hydroxylation is 2. The van der Waals surface area contributed by atoms with Crippen LogP contribution < -0.4 is 10.5 Å². The number of nitrogens with zero attached hydrogens (tertiary/aromatic N) is 2. The number of nitrogens with two attached hydrogens (primary N) is 1. The molecule has 0 aliphatic carbocycles. The third kappa shape index (κ3) is 5.68. The first-order chi connectivity index (χ1) is 20.1. The second-order valence-corrected chi connectivity index (χ2v) is 10.1. The highest BCUT2D eigenvalue weighted by molar-refractivity contribution is 6.17. The monoisotopic (exact) mass is 574 g/mol. The number of ether oxygens (including phenoxy) is 2. The lowest BCUT2D eigenvalue weighted by atomic mass is 9.98. The summed E-state index contributed by atoms with van der Waals surface area (Å²) in [7, 11) is 0. The van der Waals surface area contributed by atoms with Crippen molar-refractivity contribution in [3.63, 3.8) is 0 Å². The lowest BCUT2D eigenvalue weighted by Crippen LogP contribution is -2.16. The molecule has 0 fully saturated rings. The lowest BCUT2D eigenvalue weighted by Gasteiger charge is -2.14. The van der Waals surface area contributed by atoms with Crippen molar-refractivity contribution in [2.24, 2.45) is 5.73 Å². The Bertz CT molecular complexity index is 1630. The molecule has 0 saturated carbocycles. The summed E-state index contributed by atoms with van der Waals surface area (Å²) in [5.41, 5.74) is 11.0. The number of rotatable bonds is 13. The van der Waals surface area contributed by atoms with Gasteiger partial charge in [-0.25, -0.2) is 4.79 Å². The van der Waals surface area contributed by atoms with Crippen molar-refractivity contribution in [3.8, 4) is 16.9 Å². The predicted molar refractivity (Wildman–Crippen MR) is 162 cm³/mol. The highest BCUT2D eigenvalue weighted by Crippen LogP contribution is 2.38. The number of aromatic nitrogens is 3. The Morgan fingerprint density at radius 2 is 1.85 bits per heavy atom. The summed E-state index contributed by atoms with van der Waals surface area (Å²) in [4.78, 5) is 13.5. The normalized spacial score (nSPS) is 11.4. The number of hydrogen-bond donors (Lipinski definition) is 3. The molecule has 0 unspecified atom stereocenters. The van der Waals surface area contributed by atoms with Crippen molar-refractivity contribution in [1.82, 2.24) is 14.8 Å². The van der Waals surface area contributed by atoms with Crippen molar-refractivity contribution < 1.29 is 19.4 Å². The summed E-state index contributed by atoms with van der Waals surface area (Å²) >= 11 is 6.26. The van der Waals surface area contributed by atoms with Gasteiger partial charge in [-0.3, -0.25) is 5.10 Å². The molecule has 0 saturated heterocycles. The second-order valence-electron chi connectivity index (χ2n) is 9.79. The molecular formula is C32H35ClN4O4. The summed E-state index contributed by atoms with van der Waals surface area (Å²) in [6.45, 7) is 3.32. The number of benzene rings is 3. The molecule has 214 valence electrons. The molecule has 0 aliphatic rings. The van der Waals surface area contributed by atoms with Gasteiger partial charge in [0.15, 0.2) is 0 Å². The van der Waals surface area contributed by atoms with E-state index in [0.29, 0.717) is 56.0 Å². The fraction of sp³-hybridized carbons (Fsp3) is 0.312. The number of halogens is 1. The van der Waals surface area contributed by atoms with E-state index in [9.17, 15) is 9.90 Å². The zero-order valence-electron chi connectivity index (χ0n) is 23.2. The van der Waals surface area contributed by atoms with Gasteiger partial charge in [-0.15, -0.1) is 11.6 Å². The molecule has 3 aromatic carbocycles. The highest BCUT2D eigenvalue weighted by atomic mass is 35.5. The van der Waals surface area contributed by atoms with E-state index in [4.69, 9.17) is 26.8 Å². The Hall–Kier alpha value is -3.85. The standard InChI is InChI=1S/C32H35ClN4O4/c1-2-40-32(39)31-24(14-7-18-41-28-15-5-10-21-9-3-4-11-22(21)28)23-12-6-13-25(30(23)37(31)17-8-16-34)29-26(19-33)35-36-27(29)20-38/h3-6,9-13,15,38H,2,7-8,14,16-20,34H2,1H3,(H,35,36). The Morgan fingerprint density at radius 3 is 2.63 bits per heavy atom.